The van der Waals surface area contributed by atoms with Gasteiger partial charge in [-0.3, -0.25) is 4.79 Å². The summed E-state index contributed by atoms with van der Waals surface area (Å²) in [7, 11) is 1.64. The lowest BCUT2D eigenvalue weighted by molar-refractivity contribution is 0.185. The van der Waals surface area contributed by atoms with Gasteiger partial charge in [0.25, 0.3) is 5.56 Å². The summed E-state index contributed by atoms with van der Waals surface area (Å²) in [6.45, 7) is 0.495. The number of benzene rings is 1. The van der Waals surface area contributed by atoms with Gasteiger partial charge in [-0.05, 0) is 5.56 Å². The molecule has 0 aliphatic carbocycles. The fourth-order valence-corrected chi connectivity index (χ4v) is 1.54. The van der Waals surface area contributed by atoms with Crippen molar-refractivity contribution in [1.29, 1.82) is 0 Å². The van der Waals surface area contributed by atoms with E-state index < -0.39 is 0 Å². The van der Waals surface area contributed by atoms with Crippen LogP contribution < -0.4 is 5.56 Å². The summed E-state index contributed by atoms with van der Waals surface area (Å²) >= 11 is 0. The molecular weight excluding hydrogens is 204 g/mol. The first-order valence-corrected chi connectivity index (χ1v) is 4.94. The van der Waals surface area contributed by atoms with Crippen molar-refractivity contribution in [2.45, 2.75) is 6.61 Å². The number of hydrogen-bond acceptors (Lipinski definition) is 3. The summed E-state index contributed by atoms with van der Waals surface area (Å²) in [6.07, 6.45) is 1.50. The van der Waals surface area contributed by atoms with E-state index in [2.05, 4.69) is 9.97 Å². The molecule has 1 aromatic carbocycles. The van der Waals surface area contributed by atoms with Crippen LogP contribution in [0, 0.1) is 0 Å². The summed E-state index contributed by atoms with van der Waals surface area (Å²) in [4.78, 5) is 18.0. The highest BCUT2D eigenvalue weighted by Crippen LogP contribution is 2.19. The molecule has 0 saturated heterocycles. The van der Waals surface area contributed by atoms with E-state index in [-0.39, 0.29) is 5.56 Å². The van der Waals surface area contributed by atoms with E-state index in [4.69, 9.17) is 4.74 Å². The Hall–Kier alpha value is -1.94. The van der Waals surface area contributed by atoms with Gasteiger partial charge in [-0.15, -0.1) is 0 Å². The smallest absolute Gasteiger partial charge is 0.251 e. The molecule has 0 atom stereocenters. The number of aromatic nitrogens is 2. The van der Waals surface area contributed by atoms with Crippen LogP contribution in [0.3, 0.4) is 0 Å². The molecule has 0 aliphatic rings. The monoisotopic (exact) mass is 216 g/mol. The summed E-state index contributed by atoms with van der Waals surface area (Å²) in [6, 6.07) is 9.08. The second-order valence-corrected chi connectivity index (χ2v) is 3.37. The molecule has 0 aliphatic heterocycles. The highest BCUT2D eigenvalue weighted by Gasteiger charge is 2.05. The Kier molecular flexibility index (Phi) is 3.12. The molecule has 0 spiro atoms. The molecule has 2 aromatic rings. The maximum absolute atomic E-state index is 11.2. The lowest BCUT2D eigenvalue weighted by Crippen LogP contribution is -2.07. The zero-order chi connectivity index (χ0) is 11.4. The first-order chi connectivity index (χ1) is 7.81. The van der Waals surface area contributed by atoms with Gasteiger partial charge in [-0.2, -0.15) is 0 Å². The van der Waals surface area contributed by atoms with Crippen LogP contribution in [-0.2, 0) is 11.3 Å². The Morgan fingerprint density at radius 1 is 1.31 bits per heavy atom. The van der Waals surface area contributed by atoms with E-state index >= 15 is 0 Å². The standard InChI is InChI=1S/C12H12N2O2/c1-16-8-9-4-2-3-5-10(9)12-13-7-6-11(15)14-12/h2-7H,8H2,1H3,(H,13,14,15). The topological polar surface area (TPSA) is 55.0 Å². The lowest BCUT2D eigenvalue weighted by atomic mass is 10.1. The highest BCUT2D eigenvalue weighted by atomic mass is 16.5. The number of hydrogen-bond donors (Lipinski definition) is 1. The first kappa shape index (κ1) is 10.6. The number of rotatable bonds is 3. The quantitative estimate of drug-likeness (QED) is 0.847. The van der Waals surface area contributed by atoms with Crippen LogP contribution in [0.15, 0.2) is 41.3 Å². The molecule has 0 saturated carbocycles. The van der Waals surface area contributed by atoms with Gasteiger partial charge < -0.3 is 9.72 Å². The zero-order valence-electron chi connectivity index (χ0n) is 8.93. The zero-order valence-corrected chi connectivity index (χ0v) is 8.93. The van der Waals surface area contributed by atoms with Gasteiger partial charge in [-0.1, -0.05) is 24.3 Å². The summed E-state index contributed by atoms with van der Waals surface area (Å²) in [5.41, 5.74) is 1.73. The normalized spacial score (nSPS) is 10.3. The second kappa shape index (κ2) is 4.72. The van der Waals surface area contributed by atoms with Gasteiger partial charge in [0, 0.05) is 24.9 Å². The maximum Gasteiger partial charge on any atom is 0.251 e. The molecule has 0 radical (unpaired) electrons. The Balaban J connectivity index is 2.51. The molecular formula is C12H12N2O2. The lowest BCUT2D eigenvalue weighted by Gasteiger charge is -2.07. The van der Waals surface area contributed by atoms with Crippen molar-refractivity contribution in [3.8, 4) is 11.4 Å². The number of aromatic amines is 1. The maximum atomic E-state index is 11.2. The van der Waals surface area contributed by atoms with Gasteiger partial charge in [0.15, 0.2) is 0 Å². The SMILES string of the molecule is COCc1ccccc1-c1nccc(=O)[nH]1. The fraction of sp³-hybridized carbons (Fsp3) is 0.167. The molecule has 0 bridgehead atoms. The molecule has 0 unspecified atom stereocenters. The molecule has 0 fully saturated rings. The van der Waals surface area contributed by atoms with E-state index in [0.29, 0.717) is 12.4 Å². The van der Waals surface area contributed by atoms with Crippen LogP contribution in [0.4, 0.5) is 0 Å². The highest BCUT2D eigenvalue weighted by molar-refractivity contribution is 5.59. The molecule has 16 heavy (non-hydrogen) atoms. The Labute approximate surface area is 92.9 Å². The van der Waals surface area contributed by atoms with Crippen LogP contribution in [0.25, 0.3) is 11.4 Å². The minimum absolute atomic E-state index is 0.155. The van der Waals surface area contributed by atoms with E-state index in [1.165, 1.54) is 12.3 Å². The van der Waals surface area contributed by atoms with E-state index in [0.717, 1.165) is 11.1 Å². The Morgan fingerprint density at radius 2 is 2.12 bits per heavy atom. The minimum atomic E-state index is -0.155. The van der Waals surface area contributed by atoms with Crippen molar-refractivity contribution in [2.75, 3.05) is 7.11 Å². The summed E-state index contributed by atoms with van der Waals surface area (Å²) in [5, 5.41) is 0. The van der Waals surface area contributed by atoms with Crippen molar-refractivity contribution in [2.24, 2.45) is 0 Å². The third-order valence-electron chi connectivity index (χ3n) is 2.24. The van der Waals surface area contributed by atoms with E-state index in [1.807, 2.05) is 24.3 Å². The molecule has 0 amide bonds. The number of ether oxygens (including phenoxy) is 1. The Morgan fingerprint density at radius 3 is 2.88 bits per heavy atom. The molecule has 1 N–H and O–H groups in total. The average molecular weight is 216 g/mol. The third kappa shape index (κ3) is 2.17. The van der Waals surface area contributed by atoms with Crippen molar-refractivity contribution in [3.05, 3.63) is 52.4 Å². The number of nitrogens with zero attached hydrogens (tertiary/aromatic N) is 1. The Bertz CT molecular complexity index is 534. The van der Waals surface area contributed by atoms with Crippen LogP contribution >= 0.6 is 0 Å². The summed E-state index contributed by atoms with van der Waals surface area (Å²) in [5.74, 6) is 0.570. The van der Waals surface area contributed by atoms with Crippen LogP contribution in [-0.4, -0.2) is 17.1 Å². The van der Waals surface area contributed by atoms with Crippen molar-refractivity contribution in [3.63, 3.8) is 0 Å². The largest absolute Gasteiger partial charge is 0.380 e. The van der Waals surface area contributed by atoms with Gasteiger partial charge in [0.2, 0.25) is 0 Å². The van der Waals surface area contributed by atoms with Crippen molar-refractivity contribution < 1.29 is 4.74 Å². The van der Waals surface area contributed by atoms with E-state index in [9.17, 15) is 4.79 Å². The number of nitrogens with one attached hydrogen (secondary N) is 1. The molecule has 2 rings (SSSR count). The molecule has 1 heterocycles. The molecule has 1 aromatic heterocycles. The van der Waals surface area contributed by atoms with Crippen LogP contribution in [0.5, 0.6) is 0 Å². The van der Waals surface area contributed by atoms with Gasteiger partial charge in [0.1, 0.15) is 5.82 Å². The number of H-pyrrole nitrogens is 1. The predicted molar refractivity (Wildman–Crippen MR) is 61.0 cm³/mol. The van der Waals surface area contributed by atoms with Gasteiger partial charge >= 0.3 is 0 Å². The van der Waals surface area contributed by atoms with Crippen molar-refractivity contribution in [1.82, 2.24) is 9.97 Å². The second-order valence-electron chi connectivity index (χ2n) is 3.37. The van der Waals surface area contributed by atoms with Gasteiger partial charge in [0.05, 0.1) is 6.61 Å². The van der Waals surface area contributed by atoms with Crippen molar-refractivity contribution >= 4 is 0 Å². The van der Waals surface area contributed by atoms with Crippen LogP contribution in [0.1, 0.15) is 5.56 Å². The third-order valence-corrected chi connectivity index (χ3v) is 2.24. The number of methoxy groups -OCH3 is 1. The molecule has 82 valence electrons. The van der Waals surface area contributed by atoms with E-state index in [1.54, 1.807) is 7.11 Å². The first-order valence-electron chi connectivity index (χ1n) is 4.94. The average Bonchev–Trinajstić information content (AvgIpc) is 2.30. The van der Waals surface area contributed by atoms with Crippen LogP contribution in [0.2, 0.25) is 0 Å². The molecule has 4 heteroatoms. The summed E-state index contributed by atoms with van der Waals surface area (Å²) < 4.78 is 5.10. The molecule has 4 nitrogen and oxygen atoms in total. The fourth-order valence-electron chi connectivity index (χ4n) is 1.54. The van der Waals surface area contributed by atoms with Gasteiger partial charge in [-0.25, -0.2) is 4.98 Å². The minimum Gasteiger partial charge on any atom is -0.380 e. The predicted octanol–water partition coefficient (Wildman–Crippen LogP) is 1.58.